The maximum absolute atomic E-state index is 14.6. The Labute approximate surface area is 191 Å². The van der Waals surface area contributed by atoms with Gasteiger partial charge in [0.05, 0.1) is 0 Å². The van der Waals surface area contributed by atoms with Crippen molar-refractivity contribution in [3.63, 3.8) is 0 Å². The third kappa shape index (κ3) is 2.73. The lowest BCUT2D eigenvalue weighted by Gasteiger charge is -2.13. The van der Waals surface area contributed by atoms with E-state index in [0.717, 1.165) is 23.1 Å². The van der Waals surface area contributed by atoms with Crippen molar-refractivity contribution in [3.05, 3.63) is 70.2 Å². The number of hydrogen-bond donors (Lipinski definition) is 1. The molecule has 1 saturated carbocycles. The number of fused-ring (bicyclic) bond motifs is 5. The summed E-state index contributed by atoms with van der Waals surface area (Å²) in [5.41, 5.74) is 3.14. The van der Waals surface area contributed by atoms with E-state index in [1.807, 2.05) is 0 Å². The number of hydrogen-bond acceptors (Lipinski definition) is 7. The normalized spacial score (nSPS) is 20.9. The second kappa shape index (κ2) is 6.60. The lowest BCUT2D eigenvalue weighted by atomic mass is 10.0. The minimum Gasteiger partial charge on any atom is -0.489 e. The molecule has 4 heterocycles. The largest absolute Gasteiger partial charge is 0.489 e. The molecule has 0 saturated heterocycles. The highest BCUT2D eigenvalue weighted by molar-refractivity contribution is 8.06. The Bertz CT molecular complexity index is 1780. The fourth-order valence-electron chi connectivity index (χ4n) is 4.77. The second-order valence-corrected chi connectivity index (χ2v) is 10.2. The topological polar surface area (TPSA) is 98.5 Å². The second-order valence-electron chi connectivity index (χ2n) is 8.55. The first-order valence-electron chi connectivity index (χ1n) is 10.6. The van der Waals surface area contributed by atoms with E-state index in [1.165, 1.54) is 18.5 Å². The molecule has 170 valence electrons. The quantitative estimate of drug-likeness (QED) is 0.478. The van der Waals surface area contributed by atoms with E-state index in [4.69, 9.17) is 4.74 Å². The first-order chi connectivity index (χ1) is 16.4. The molecule has 3 aliphatic rings. The average Bonchev–Trinajstić information content (AvgIpc) is 3.14. The standard InChI is InChI=1S/C23H15F2N5O3S/c24-17-3-4-18-20(14-6-19(14)33-18)16(17)8-27-23-26-7-15(22-29-28-10-30(22)23)11-1-2-13-12(5-11)9-34(31,32)21(13)25/h1-5,7,9-10,14,19H,6,8H2,(H,26,27)/t14-,19?/m0/s1. The van der Waals surface area contributed by atoms with Gasteiger partial charge in [-0.1, -0.05) is 12.1 Å². The monoisotopic (exact) mass is 479 g/mol. The van der Waals surface area contributed by atoms with Crippen molar-refractivity contribution in [1.29, 1.82) is 0 Å². The van der Waals surface area contributed by atoms with Crippen LogP contribution in [0.25, 0.3) is 27.3 Å². The molecule has 4 aromatic rings. The number of benzene rings is 2. The van der Waals surface area contributed by atoms with Crippen LogP contribution in [0.3, 0.4) is 0 Å². The van der Waals surface area contributed by atoms with E-state index in [0.29, 0.717) is 28.3 Å². The summed E-state index contributed by atoms with van der Waals surface area (Å²) in [5, 5.41) is 11.4. The zero-order chi connectivity index (χ0) is 23.2. The molecule has 2 aromatic heterocycles. The molecule has 2 aromatic carbocycles. The summed E-state index contributed by atoms with van der Waals surface area (Å²) in [6.45, 7) is 0.210. The Morgan fingerprint density at radius 1 is 1.21 bits per heavy atom. The Morgan fingerprint density at radius 3 is 2.97 bits per heavy atom. The summed E-state index contributed by atoms with van der Waals surface area (Å²) in [6.07, 6.45) is 4.12. The number of halogens is 2. The van der Waals surface area contributed by atoms with Crippen LogP contribution in [0.1, 0.15) is 23.5 Å². The number of nitrogens with one attached hydrogen (secondary N) is 1. The molecular weight excluding hydrogens is 464 g/mol. The number of sulfone groups is 1. The van der Waals surface area contributed by atoms with Gasteiger partial charge in [-0.2, -0.15) is 4.39 Å². The summed E-state index contributed by atoms with van der Waals surface area (Å²) in [4.78, 5) is 4.47. The van der Waals surface area contributed by atoms with E-state index in [2.05, 4.69) is 20.5 Å². The van der Waals surface area contributed by atoms with Crippen molar-refractivity contribution in [2.45, 2.75) is 25.0 Å². The Balaban J connectivity index is 1.26. The summed E-state index contributed by atoms with van der Waals surface area (Å²) >= 11 is 0. The minimum absolute atomic E-state index is 0.0341. The predicted molar refractivity (Wildman–Crippen MR) is 119 cm³/mol. The van der Waals surface area contributed by atoms with Gasteiger partial charge in [0.2, 0.25) is 20.9 Å². The highest BCUT2D eigenvalue weighted by atomic mass is 32.2. The molecule has 1 aliphatic carbocycles. The maximum atomic E-state index is 14.6. The van der Waals surface area contributed by atoms with E-state index in [-0.39, 0.29) is 34.8 Å². The zero-order valence-corrected chi connectivity index (χ0v) is 18.2. The van der Waals surface area contributed by atoms with Gasteiger partial charge in [-0.05, 0) is 35.4 Å². The Kier molecular flexibility index (Phi) is 3.80. The van der Waals surface area contributed by atoms with Crippen LogP contribution in [0.15, 0.2) is 42.9 Å². The number of anilines is 1. The SMILES string of the molecule is O=S1(=O)C=c2cc(-c3cnc(NCc4c(F)ccc5c4[C@H]4CC4O5)n4cnnc34)ccc2=C1F. The van der Waals surface area contributed by atoms with Gasteiger partial charge in [-0.25, -0.2) is 17.8 Å². The molecule has 8 nitrogen and oxygen atoms in total. The van der Waals surface area contributed by atoms with Crippen LogP contribution in [-0.4, -0.2) is 34.1 Å². The van der Waals surface area contributed by atoms with Crippen LogP contribution in [0.2, 0.25) is 0 Å². The van der Waals surface area contributed by atoms with Crippen LogP contribution < -0.4 is 20.5 Å². The summed E-state index contributed by atoms with van der Waals surface area (Å²) in [7, 11) is -4.04. The van der Waals surface area contributed by atoms with Crippen molar-refractivity contribution in [3.8, 4) is 16.9 Å². The van der Waals surface area contributed by atoms with Gasteiger partial charge in [0.1, 0.15) is 24.0 Å². The number of ether oxygens (including phenoxy) is 1. The van der Waals surface area contributed by atoms with Gasteiger partial charge in [-0.3, -0.25) is 4.40 Å². The smallest absolute Gasteiger partial charge is 0.227 e. The average molecular weight is 479 g/mol. The minimum atomic E-state index is -4.04. The van der Waals surface area contributed by atoms with E-state index >= 15 is 0 Å². The number of aromatic nitrogens is 4. The first-order valence-corrected chi connectivity index (χ1v) is 12.1. The molecule has 34 heavy (non-hydrogen) atoms. The highest BCUT2D eigenvalue weighted by Gasteiger charge is 2.49. The molecule has 0 spiro atoms. The van der Waals surface area contributed by atoms with Gasteiger partial charge in [-0.15, -0.1) is 10.2 Å². The van der Waals surface area contributed by atoms with Gasteiger partial charge < -0.3 is 10.1 Å². The third-order valence-electron chi connectivity index (χ3n) is 6.50. The number of rotatable bonds is 4. The van der Waals surface area contributed by atoms with Crippen molar-refractivity contribution in [1.82, 2.24) is 19.6 Å². The molecule has 0 amide bonds. The van der Waals surface area contributed by atoms with Crippen molar-refractivity contribution < 1.29 is 21.9 Å². The predicted octanol–water partition coefficient (Wildman–Crippen LogP) is 1.99. The van der Waals surface area contributed by atoms with Gasteiger partial charge in [0, 0.05) is 46.0 Å². The van der Waals surface area contributed by atoms with Crippen LogP contribution in [-0.2, 0) is 16.4 Å². The van der Waals surface area contributed by atoms with Crippen molar-refractivity contribution in [2.75, 3.05) is 5.32 Å². The number of nitrogens with zero attached hydrogens (tertiary/aromatic N) is 4. The van der Waals surface area contributed by atoms with Crippen LogP contribution >= 0.6 is 0 Å². The molecule has 2 aliphatic heterocycles. The van der Waals surface area contributed by atoms with E-state index in [9.17, 15) is 17.2 Å². The molecular formula is C23H15F2N5O3S. The summed E-state index contributed by atoms with van der Waals surface area (Å²) in [5.74, 6) is 1.10. The van der Waals surface area contributed by atoms with Gasteiger partial charge in [0.25, 0.3) is 0 Å². The fourth-order valence-corrected chi connectivity index (χ4v) is 5.90. The summed E-state index contributed by atoms with van der Waals surface area (Å²) in [6, 6.07) is 7.70. The Hall–Kier alpha value is -3.86. The highest BCUT2D eigenvalue weighted by Crippen LogP contribution is 2.55. The molecule has 0 bridgehead atoms. The fraction of sp³-hybridized carbons (Fsp3) is 0.174. The maximum Gasteiger partial charge on any atom is 0.227 e. The molecule has 1 N–H and O–H groups in total. The zero-order valence-electron chi connectivity index (χ0n) is 17.4. The van der Waals surface area contributed by atoms with E-state index < -0.39 is 15.0 Å². The molecule has 7 rings (SSSR count). The first kappa shape index (κ1) is 19.6. The molecule has 11 heteroatoms. The van der Waals surface area contributed by atoms with E-state index in [1.54, 1.807) is 28.8 Å². The van der Waals surface area contributed by atoms with Crippen molar-refractivity contribution in [2.24, 2.45) is 0 Å². The van der Waals surface area contributed by atoms with Gasteiger partial charge >= 0.3 is 0 Å². The van der Waals surface area contributed by atoms with Crippen LogP contribution in [0, 0.1) is 5.82 Å². The molecule has 2 atom stereocenters. The molecule has 1 fully saturated rings. The lowest BCUT2D eigenvalue weighted by Crippen LogP contribution is -2.22. The van der Waals surface area contributed by atoms with Gasteiger partial charge in [0.15, 0.2) is 5.65 Å². The summed E-state index contributed by atoms with van der Waals surface area (Å²) < 4.78 is 59.8. The third-order valence-corrected chi connectivity index (χ3v) is 7.79. The molecule has 0 radical (unpaired) electrons. The Morgan fingerprint density at radius 2 is 2.09 bits per heavy atom. The van der Waals surface area contributed by atoms with Crippen LogP contribution in [0.5, 0.6) is 5.75 Å². The van der Waals surface area contributed by atoms with Crippen LogP contribution in [0.4, 0.5) is 14.7 Å². The lowest BCUT2D eigenvalue weighted by molar-refractivity contribution is 0.318. The molecule has 1 unspecified atom stereocenters. The van der Waals surface area contributed by atoms with Crippen molar-refractivity contribution >= 4 is 32.0 Å².